The molecule has 4 rings (SSSR count). The van der Waals surface area contributed by atoms with Gasteiger partial charge in [-0.3, -0.25) is 9.48 Å². The summed E-state index contributed by atoms with van der Waals surface area (Å²) in [5.74, 6) is 0.502. The van der Waals surface area contributed by atoms with Crippen LogP contribution in [0.5, 0.6) is 5.75 Å². The molecule has 6 nitrogen and oxygen atoms in total. The lowest BCUT2D eigenvalue weighted by molar-refractivity contribution is 0.102. The van der Waals surface area contributed by atoms with E-state index >= 15 is 0 Å². The summed E-state index contributed by atoms with van der Waals surface area (Å²) in [5.41, 5.74) is 4.66. The van der Waals surface area contributed by atoms with E-state index in [4.69, 9.17) is 4.74 Å². The van der Waals surface area contributed by atoms with Crippen molar-refractivity contribution in [1.82, 2.24) is 14.8 Å². The number of methoxy groups -OCH3 is 1. The van der Waals surface area contributed by atoms with Crippen molar-refractivity contribution in [2.45, 2.75) is 20.4 Å². The van der Waals surface area contributed by atoms with Gasteiger partial charge in [0.2, 0.25) is 0 Å². The Balaban J connectivity index is 1.57. The van der Waals surface area contributed by atoms with Crippen LogP contribution in [0.3, 0.4) is 0 Å². The Morgan fingerprint density at radius 1 is 1.07 bits per heavy atom. The van der Waals surface area contributed by atoms with E-state index in [9.17, 15) is 4.79 Å². The molecular weight excluding hydrogens is 364 g/mol. The topological polar surface area (TPSA) is 69.0 Å². The number of anilines is 1. The average Bonchev–Trinajstić information content (AvgIpc) is 3.01. The van der Waals surface area contributed by atoms with Crippen LogP contribution >= 0.6 is 0 Å². The molecule has 0 bridgehead atoms. The molecule has 1 N–H and O–H groups in total. The van der Waals surface area contributed by atoms with E-state index in [1.165, 1.54) is 0 Å². The predicted octanol–water partition coefficient (Wildman–Crippen LogP) is 4.36. The van der Waals surface area contributed by atoms with Crippen LogP contribution in [-0.2, 0) is 6.54 Å². The maximum absolute atomic E-state index is 12.8. The highest BCUT2D eigenvalue weighted by Crippen LogP contribution is 2.23. The predicted molar refractivity (Wildman–Crippen MR) is 113 cm³/mol. The molecule has 0 spiro atoms. The molecule has 146 valence electrons. The van der Waals surface area contributed by atoms with Gasteiger partial charge in [0.1, 0.15) is 11.4 Å². The Hall–Kier alpha value is -3.67. The summed E-state index contributed by atoms with van der Waals surface area (Å²) >= 11 is 0. The van der Waals surface area contributed by atoms with E-state index in [0.717, 1.165) is 39.3 Å². The molecule has 0 aliphatic heterocycles. The number of nitrogens with one attached hydrogen (secondary N) is 1. The number of nitrogens with zero attached hydrogens (tertiary/aromatic N) is 3. The number of carbonyl (C=O) groups is 1. The maximum Gasteiger partial charge on any atom is 0.274 e. The van der Waals surface area contributed by atoms with Gasteiger partial charge in [0.05, 0.1) is 36.2 Å². The van der Waals surface area contributed by atoms with Gasteiger partial charge in [-0.1, -0.05) is 36.4 Å². The molecule has 0 unspecified atom stereocenters. The zero-order valence-electron chi connectivity index (χ0n) is 16.6. The summed E-state index contributed by atoms with van der Waals surface area (Å²) in [7, 11) is 1.62. The fraction of sp³-hybridized carbons (Fsp3) is 0.174. The number of aromatic nitrogens is 3. The zero-order valence-corrected chi connectivity index (χ0v) is 16.6. The molecular formula is C23H22N4O2. The van der Waals surface area contributed by atoms with Crippen molar-refractivity contribution in [1.29, 1.82) is 0 Å². The van der Waals surface area contributed by atoms with Crippen molar-refractivity contribution in [3.05, 3.63) is 83.3 Å². The van der Waals surface area contributed by atoms with Crippen molar-refractivity contribution >= 4 is 22.5 Å². The fourth-order valence-electron chi connectivity index (χ4n) is 3.32. The first-order chi connectivity index (χ1) is 14.0. The number of aryl methyl sites for hydroxylation is 1. The second-order valence-electron chi connectivity index (χ2n) is 6.90. The van der Waals surface area contributed by atoms with Gasteiger partial charge in [0, 0.05) is 5.39 Å². The lowest BCUT2D eigenvalue weighted by Gasteiger charge is -2.08. The van der Waals surface area contributed by atoms with Crippen LogP contribution in [0.25, 0.3) is 10.9 Å². The molecule has 4 aromatic rings. The van der Waals surface area contributed by atoms with Crippen LogP contribution < -0.4 is 10.1 Å². The minimum atomic E-state index is -0.256. The van der Waals surface area contributed by atoms with Gasteiger partial charge in [-0.2, -0.15) is 5.10 Å². The summed E-state index contributed by atoms with van der Waals surface area (Å²) in [4.78, 5) is 17.3. The molecule has 2 aromatic carbocycles. The van der Waals surface area contributed by atoms with E-state index in [2.05, 4.69) is 27.5 Å². The highest BCUT2D eigenvalue weighted by atomic mass is 16.5. The Kier molecular flexibility index (Phi) is 4.99. The van der Waals surface area contributed by atoms with Crippen molar-refractivity contribution in [2.75, 3.05) is 12.4 Å². The minimum Gasteiger partial charge on any atom is -0.497 e. The monoisotopic (exact) mass is 386 g/mol. The molecule has 2 aromatic heterocycles. The van der Waals surface area contributed by atoms with E-state index < -0.39 is 0 Å². The standard InChI is InChI=1S/C23H22N4O2/c1-15-22(16(2)27(26-15)14-17-7-5-4-6-8-17)25-23(28)21-11-9-18-13-19(29-3)10-12-20(18)24-21/h4-13H,14H2,1-3H3,(H,25,28). The van der Waals surface area contributed by atoms with Crippen LogP contribution in [0.1, 0.15) is 27.4 Å². The quantitative estimate of drug-likeness (QED) is 0.553. The first-order valence-corrected chi connectivity index (χ1v) is 9.39. The molecule has 2 heterocycles. The molecule has 0 aliphatic carbocycles. The average molecular weight is 386 g/mol. The third kappa shape index (κ3) is 3.82. The number of carbonyl (C=O) groups excluding carboxylic acids is 1. The molecule has 0 atom stereocenters. The fourth-order valence-corrected chi connectivity index (χ4v) is 3.32. The number of hydrogen-bond donors (Lipinski definition) is 1. The van der Waals surface area contributed by atoms with Crippen molar-refractivity contribution < 1.29 is 9.53 Å². The van der Waals surface area contributed by atoms with Gasteiger partial charge >= 0.3 is 0 Å². The number of ether oxygens (including phenoxy) is 1. The maximum atomic E-state index is 12.8. The largest absolute Gasteiger partial charge is 0.497 e. The van der Waals surface area contributed by atoms with Crippen LogP contribution in [0, 0.1) is 13.8 Å². The normalized spacial score (nSPS) is 10.9. The summed E-state index contributed by atoms with van der Waals surface area (Å²) in [6, 6.07) is 19.3. The Morgan fingerprint density at radius 3 is 2.62 bits per heavy atom. The van der Waals surface area contributed by atoms with E-state index in [1.807, 2.05) is 61.0 Å². The molecule has 29 heavy (non-hydrogen) atoms. The lowest BCUT2D eigenvalue weighted by Crippen LogP contribution is -2.15. The second-order valence-corrected chi connectivity index (χ2v) is 6.90. The Labute approximate surface area is 169 Å². The van der Waals surface area contributed by atoms with Crippen molar-refractivity contribution in [2.24, 2.45) is 0 Å². The van der Waals surface area contributed by atoms with Crippen molar-refractivity contribution in [3.8, 4) is 5.75 Å². The SMILES string of the molecule is COc1ccc2nc(C(=O)Nc3c(C)nn(Cc4ccccc4)c3C)ccc2c1. The van der Waals surface area contributed by atoms with Gasteiger partial charge in [-0.05, 0) is 43.7 Å². The highest BCUT2D eigenvalue weighted by Gasteiger charge is 2.16. The van der Waals surface area contributed by atoms with Gasteiger partial charge in [0.15, 0.2) is 0 Å². The number of benzene rings is 2. The van der Waals surface area contributed by atoms with Gasteiger partial charge in [0.25, 0.3) is 5.91 Å². The van der Waals surface area contributed by atoms with Gasteiger partial charge in [-0.25, -0.2) is 4.98 Å². The number of fused-ring (bicyclic) bond motifs is 1. The Morgan fingerprint density at radius 2 is 1.86 bits per heavy atom. The summed E-state index contributed by atoms with van der Waals surface area (Å²) in [6.07, 6.45) is 0. The van der Waals surface area contributed by atoms with E-state index in [1.54, 1.807) is 13.2 Å². The molecule has 0 fully saturated rings. The number of hydrogen-bond acceptors (Lipinski definition) is 4. The molecule has 0 saturated heterocycles. The highest BCUT2D eigenvalue weighted by molar-refractivity contribution is 6.04. The first-order valence-electron chi connectivity index (χ1n) is 9.39. The molecule has 0 radical (unpaired) electrons. The number of amides is 1. The zero-order chi connectivity index (χ0) is 20.4. The third-order valence-electron chi connectivity index (χ3n) is 4.92. The van der Waals surface area contributed by atoms with Crippen molar-refractivity contribution in [3.63, 3.8) is 0 Å². The van der Waals surface area contributed by atoms with Gasteiger partial charge in [-0.15, -0.1) is 0 Å². The summed E-state index contributed by atoms with van der Waals surface area (Å²) in [6.45, 7) is 4.50. The molecule has 6 heteroatoms. The van der Waals surface area contributed by atoms with E-state index in [0.29, 0.717) is 12.2 Å². The molecule has 0 aliphatic rings. The Bertz CT molecular complexity index is 1180. The van der Waals surface area contributed by atoms with Crippen LogP contribution in [0.2, 0.25) is 0 Å². The first kappa shape index (κ1) is 18.7. The van der Waals surface area contributed by atoms with Gasteiger partial charge < -0.3 is 10.1 Å². The summed E-state index contributed by atoms with van der Waals surface area (Å²) in [5, 5.41) is 8.49. The lowest BCUT2D eigenvalue weighted by atomic mass is 10.2. The third-order valence-corrected chi connectivity index (χ3v) is 4.92. The van der Waals surface area contributed by atoms with Crippen LogP contribution in [-0.4, -0.2) is 27.8 Å². The molecule has 1 amide bonds. The number of pyridine rings is 1. The minimum absolute atomic E-state index is 0.256. The smallest absolute Gasteiger partial charge is 0.274 e. The van der Waals surface area contributed by atoms with Crippen LogP contribution in [0.15, 0.2) is 60.7 Å². The van der Waals surface area contributed by atoms with Crippen LogP contribution in [0.4, 0.5) is 5.69 Å². The number of rotatable bonds is 5. The van der Waals surface area contributed by atoms with E-state index in [-0.39, 0.29) is 5.91 Å². The summed E-state index contributed by atoms with van der Waals surface area (Å²) < 4.78 is 7.14. The second kappa shape index (κ2) is 7.75. The molecule has 0 saturated carbocycles.